The fourth-order valence-corrected chi connectivity index (χ4v) is 2.22. The third kappa shape index (κ3) is 3.04. The molecule has 0 fully saturated rings. The predicted molar refractivity (Wildman–Crippen MR) is 72.4 cm³/mol. The summed E-state index contributed by atoms with van der Waals surface area (Å²) in [6, 6.07) is 9.73. The van der Waals surface area contributed by atoms with E-state index in [1.165, 1.54) is 0 Å². The van der Waals surface area contributed by atoms with Crippen LogP contribution < -0.4 is 5.32 Å². The molecule has 0 radical (unpaired) electrons. The topological polar surface area (TPSA) is 63.8 Å². The van der Waals surface area contributed by atoms with Gasteiger partial charge < -0.3 is 9.73 Å². The van der Waals surface area contributed by atoms with Crippen LogP contribution in [-0.2, 0) is 13.1 Å². The zero-order valence-electron chi connectivity index (χ0n) is 10.1. The molecule has 2 aromatic heterocycles. The molecule has 3 rings (SSSR count). The van der Waals surface area contributed by atoms with Crippen molar-refractivity contribution in [2.75, 3.05) is 0 Å². The number of nitrogens with one attached hydrogen (secondary N) is 1. The summed E-state index contributed by atoms with van der Waals surface area (Å²) >= 11 is 1.62. The molecule has 2 heterocycles. The van der Waals surface area contributed by atoms with E-state index in [1.54, 1.807) is 17.5 Å². The minimum absolute atomic E-state index is 0.541. The maximum Gasteiger partial charge on any atom is 0.247 e. The van der Waals surface area contributed by atoms with Crippen molar-refractivity contribution in [3.8, 4) is 11.5 Å². The number of rotatable bonds is 5. The van der Waals surface area contributed by atoms with Crippen LogP contribution in [0.25, 0.3) is 11.5 Å². The first kappa shape index (κ1) is 12.0. The molecular formula is C13H12N4OS. The maximum atomic E-state index is 5.59. The standard InChI is InChI=1S/C13H12N4OS/c1-2-4-10(5-3-1)13-17-16-11(18-13)8-14-9-12-15-6-7-19-12/h1-7,14H,8-9H2. The van der Waals surface area contributed by atoms with Gasteiger partial charge in [0.2, 0.25) is 11.8 Å². The highest BCUT2D eigenvalue weighted by Gasteiger charge is 2.07. The van der Waals surface area contributed by atoms with Gasteiger partial charge in [0.05, 0.1) is 6.54 Å². The maximum absolute atomic E-state index is 5.59. The molecule has 1 aromatic carbocycles. The van der Waals surface area contributed by atoms with E-state index in [4.69, 9.17) is 4.42 Å². The van der Waals surface area contributed by atoms with E-state index in [2.05, 4.69) is 20.5 Å². The zero-order chi connectivity index (χ0) is 12.9. The van der Waals surface area contributed by atoms with Gasteiger partial charge in [0.25, 0.3) is 0 Å². The number of aromatic nitrogens is 3. The molecule has 0 aliphatic rings. The van der Waals surface area contributed by atoms with Gasteiger partial charge in [-0.1, -0.05) is 18.2 Å². The van der Waals surface area contributed by atoms with Crippen molar-refractivity contribution in [2.45, 2.75) is 13.1 Å². The highest BCUT2D eigenvalue weighted by atomic mass is 32.1. The lowest BCUT2D eigenvalue weighted by Gasteiger charge is -1.97. The van der Waals surface area contributed by atoms with Crippen LogP contribution in [0.5, 0.6) is 0 Å². The third-order valence-corrected chi connectivity index (χ3v) is 3.30. The Kier molecular flexibility index (Phi) is 3.62. The number of hydrogen-bond donors (Lipinski definition) is 1. The molecule has 96 valence electrons. The van der Waals surface area contributed by atoms with Crippen molar-refractivity contribution in [3.05, 3.63) is 52.8 Å². The lowest BCUT2D eigenvalue weighted by Crippen LogP contribution is -2.12. The van der Waals surface area contributed by atoms with Gasteiger partial charge in [-0.2, -0.15) is 0 Å². The molecule has 1 N–H and O–H groups in total. The van der Waals surface area contributed by atoms with Crippen molar-refractivity contribution in [2.24, 2.45) is 0 Å². The van der Waals surface area contributed by atoms with E-state index < -0.39 is 0 Å². The SMILES string of the molecule is c1ccc(-c2nnc(CNCc3nccs3)o2)cc1. The van der Waals surface area contributed by atoms with Gasteiger partial charge in [0, 0.05) is 23.7 Å². The van der Waals surface area contributed by atoms with E-state index in [0.717, 1.165) is 10.6 Å². The third-order valence-electron chi connectivity index (χ3n) is 2.52. The summed E-state index contributed by atoms with van der Waals surface area (Å²) in [5.74, 6) is 1.13. The monoisotopic (exact) mass is 272 g/mol. The Morgan fingerprint density at radius 3 is 2.79 bits per heavy atom. The van der Waals surface area contributed by atoms with Crippen molar-refractivity contribution in [3.63, 3.8) is 0 Å². The quantitative estimate of drug-likeness (QED) is 0.773. The molecule has 0 aliphatic heterocycles. The Labute approximate surface area is 114 Å². The molecule has 5 nitrogen and oxygen atoms in total. The minimum atomic E-state index is 0.541. The molecule has 0 amide bonds. The van der Waals surface area contributed by atoms with Crippen LogP contribution in [0.4, 0.5) is 0 Å². The summed E-state index contributed by atoms with van der Waals surface area (Å²) in [6.45, 7) is 1.25. The van der Waals surface area contributed by atoms with Crippen molar-refractivity contribution in [1.29, 1.82) is 0 Å². The summed E-state index contributed by atoms with van der Waals surface area (Å²) in [6.07, 6.45) is 1.79. The molecule has 3 aromatic rings. The molecule has 0 aliphatic carbocycles. The fourth-order valence-electron chi connectivity index (χ4n) is 1.64. The van der Waals surface area contributed by atoms with Crippen LogP contribution in [0.15, 0.2) is 46.3 Å². The van der Waals surface area contributed by atoms with Crippen molar-refractivity contribution < 1.29 is 4.42 Å². The molecular weight excluding hydrogens is 260 g/mol. The Balaban J connectivity index is 1.59. The lowest BCUT2D eigenvalue weighted by molar-refractivity contribution is 0.477. The van der Waals surface area contributed by atoms with Crippen LogP contribution >= 0.6 is 11.3 Å². The molecule has 0 unspecified atom stereocenters. The van der Waals surface area contributed by atoms with Crippen molar-refractivity contribution in [1.82, 2.24) is 20.5 Å². The number of thiazole rings is 1. The predicted octanol–water partition coefficient (Wildman–Crippen LogP) is 2.48. The number of benzene rings is 1. The second-order valence-electron chi connectivity index (χ2n) is 3.90. The van der Waals surface area contributed by atoms with Gasteiger partial charge >= 0.3 is 0 Å². The summed E-state index contributed by atoms with van der Waals surface area (Å²) in [4.78, 5) is 4.19. The van der Waals surface area contributed by atoms with Gasteiger partial charge in [-0.15, -0.1) is 21.5 Å². The molecule has 0 spiro atoms. The smallest absolute Gasteiger partial charge is 0.247 e. The van der Waals surface area contributed by atoms with Crippen LogP contribution in [-0.4, -0.2) is 15.2 Å². The summed E-state index contributed by atoms with van der Waals surface area (Å²) in [7, 11) is 0. The van der Waals surface area contributed by atoms with E-state index in [9.17, 15) is 0 Å². The molecule has 0 saturated heterocycles. The van der Waals surface area contributed by atoms with E-state index in [-0.39, 0.29) is 0 Å². The molecule has 19 heavy (non-hydrogen) atoms. The minimum Gasteiger partial charge on any atom is -0.419 e. The van der Waals surface area contributed by atoms with Gasteiger partial charge in [-0.25, -0.2) is 4.98 Å². The average molecular weight is 272 g/mol. The molecule has 0 bridgehead atoms. The van der Waals surface area contributed by atoms with E-state index in [1.807, 2.05) is 35.7 Å². The number of nitrogens with zero attached hydrogens (tertiary/aromatic N) is 3. The van der Waals surface area contributed by atoms with Gasteiger partial charge in [-0.05, 0) is 12.1 Å². The van der Waals surface area contributed by atoms with Crippen molar-refractivity contribution >= 4 is 11.3 Å². The highest BCUT2D eigenvalue weighted by molar-refractivity contribution is 7.09. The summed E-state index contributed by atoms with van der Waals surface area (Å²) in [5, 5.41) is 14.3. The van der Waals surface area contributed by atoms with Crippen LogP contribution in [0, 0.1) is 0 Å². The Hall–Kier alpha value is -2.05. The molecule has 6 heteroatoms. The second-order valence-corrected chi connectivity index (χ2v) is 4.88. The Morgan fingerprint density at radius 2 is 2.00 bits per heavy atom. The van der Waals surface area contributed by atoms with E-state index in [0.29, 0.717) is 24.9 Å². The average Bonchev–Trinajstić information content (AvgIpc) is 3.11. The first-order chi connectivity index (χ1) is 9.42. The zero-order valence-corrected chi connectivity index (χ0v) is 10.9. The Morgan fingerprint density at radius 1 is 1.11 bits per heavy atom. The van der Waals surface area contributed by atoms with Crippen LogP contribution in [0.2, 0.25) is 0 Å². The van der Waals surface area contributed by atoms with E-state index >= 15 is 0 Å². The van der Waals surface area contributed by atoms with Gasteiger partial charge in [0.1, 0.15) is 5.01 Å². The summed E-state index contributed by atoms with van der Waals surface area (Å²) in [5.41, 5.74) is 0.932. The first-order valence-corrected chi connectivity index (χ1v) is 6.76. The second kappa shape index (κ2) is 5.73. The molecule has 0 saturated carbocycles. The Bertz CT molecular complexity index is 621. The largest absolute Gasteiger partial charge is 0.419 e. The normalized spacial score (nSPS) is 10.7. The number of hydrogen-bond acceptors (Lipinski definition) is 6. The van der Waals surface area contributed by atoms with Gasteiger partial charge in [0.15, 0.2) is 0 Å². The first-order valence-electron chi connectivity index (χ1n) is 5.89. The van der Waals surface area contributed by atoms with Crippen LogP contribution in [0.1, 0.15) is 10.9 Å². The molecule has 0 atom stereocenters. The summed E-state index contributed by atoms with van der Waals surface area (Å²) < 4.78 is 5.59. The lowest BCUT2D eigenvalue weighted by atomic mass is 10.2. The van der Waals surface area contributed by atoms with Crippen LogP contribution in [0.3, 0.4) is 0 Å². The highest BCUT2D eigenvalue weighted by Crippen LogP contribution is 2.16. The van der Waals surface area contributed by atoms with Gasteiger partial charge in [-0.3, -0.25) is 0 Å². The fraction of sp³-hybridized carbons (Fsp3) is 0.154.